The molecule has 1 heterocycles. The van der Waals surface area contributed by atoms with Crippen LogP contribution >= 0.6 is 0 Å². The van der Waals surface area contributed by atoms with Crippen molar-refractivity contribution in [1.82, 2.24) is 9.62 Å². The van der Waals surface area contributed by atoms with Crippen molar-refractivity contribution in [3.63, 3.8) is 0 Å². The Morgan fingerprint density at radius 2 is 1.60 bits per heavy atom. The van der Waals surface area contributed by atoms with Crippen molar-refractivity contribution in [3.8, 4) is 0 Å². The van der Waals surface area contributed by atoms with Crippen molar-refractivity contribution in [3.05, 3.63) is 142 Å². The van der Waals surface area contributed by atoms with E-state index in [2.05, 4.69) is 5.32 Å². The molecule has 11 heteroatoms. The molecular formula is C32H29N3O7S. The van der Waals surface area contributed by atoms with Crippen LogP contribution in [-0.4, -0.2) is 47.4 Å². The average Bonchev–Trinajstić information content (AvgIpc) is 3.49. The van der Waals surface area contributed by atoms with Crippen molar-refractivity contribution in [2.24, 2.45) is 0 Å². The molecular weight excluding hydrogens is 570 g/mol. The van der Waals surface area contributed by atoms with E-state index in [1.54, 1.807) is 54.6 Å². The number of hydrogen-bond donors (Lipinski definition) is 2. The number of aliphatic hydroxyl groups is 1. The number of fused-ring (bicyclic) bond motifs is 1. The number of non-ortho nitro benzene ring substituents is 1. The highest BCUT2D eigenvalue weighted by molar-refractivity contribution is 7.89. The van der Waals surface area contributed by atoms with Gasteiger partial charge in [-0.15, -0.1) is 0 Å². The predicted molar refractivity (Wildman–Crippen MR) is 161 cm³/mol. The summed E-state index contributed by atoms with van der Waals surface area (Å²) in [5.41, 5.74) is 2.09. The van der Waals surface area contributed by atoms with E-state index in [0.717, 1.165) is 21.3 Å². The van der Waals surface area contributed by atoms with Crippen LogP contribution in [0.1, 0.15) is 21.5 Å². The summed E-state index contributed by atoms with van der Waals surface area (Å²) < 4.78 is 34.2. The molecule has 4 aromatic carbocycles. The molecule has 0 spiro atoms. The minimum absolute atomic E-state index is 0.105. The average molecular weight is 600 g/mol. The van der Waals surface area contributed by atoms with Crippen LogP contribution < -0.4 is 5.32 Å². The second-order valence-corrected chi connectivity index (χ2v) is 12.0. The SMILES string of the molecule is O=C(N[C@@H](Cc1ccccc1)[C@H](O)CN(Cc1ccccc1)S(=O)(=O)c1cccc([N+](=O)[O-])c1)c1ccc2occc2c1. The highest BCUT2D eigenvalue weighted by atomic mass is 32.2. The Morgan fingerprint density at radius 3 is 2.30 bits per heavy atom. The molecule has 0 aliphatic carbocycles. The number of nitro groups is 1. The van der Waals surface area contributed by atoms with Gasteiger partial charge in [0.1, 0.15) is 5.58 Å². The van der Waals surface area contributed by atoms with E-state index in [1.165, 1.54) is 24.5 Å². The number of nitrogens with one attached hydrogen (secondary N) is 1. The molecule has 0 saturated carbocycles. The molecule has 0 aliphatic heterocycles. The van der Waals surface area contributed by atoms with Crippen LogP contribution in [-0.2, 0) is 23.0 Å². The van der Waals surface area contributed by atoms with Gasteiger partial charge in [0.15, 0.2) is 0 Å². The van der Waals surface area contributed by atoms with Crippen molar-refractivity contribution in [2.45, 2.75) is 30.0 Å². The molecule has 5 rings (SSSR count). The van der Waals surface area contributed by atoms with E-state index >= 15 is 0 Å². The third-order valence-corrected chi connectivity index (χ3v) is 8.86. The number of nitrogens with zero attached hydrogens (tertiary/aromatic N) is 2. The number of aliphatic hydroxyl groups excluding tert-OH is 1. The predicted octanol–water partition coefficient (Wildman–Crippen LogP) is 4.93. The lowest BCUT2D eigenvalue weighted by atomic mass is 10.00. The van der Waals surface area contributed by atoms with Crippen molar-refractivity contribution in [2.75, 3.05) is 6.54 Å². The zero-order valence-corrected chi connectivity index (χ0v) is 23.8. The van der Waals surface area contributed by atoms with Gasteiger partial charge in [-0.25, -0.2) is 8.42 Å². The molecule has 0 aliphatic rings. The Morgan fingerprint density at radius 1 is 0.907 bits per heavy atom. The number of carbonyl (C=O) groups is 1. The number of furan rings is 1. The molecule has 43 heavy (non-hydrogen) atoms. The maximum atomic E-state index is 13.9. The van der Waals surface area contributed by atoms with Gasteiger partial charge in [-0.2, -0.15) is 4.31 Å². The Kier molecular flexibility index (Phi) is 8.96. The van der Waals surface area contributed by atoms with Gasteiger partial charge >= 0.3 is 0 Å². The molecule has 0 fully saturated rings. The lowest BCUT2D eigenvalue weighted by Gasteiger charge is -2.30. The first kappa shape index (κ1) is 29.6. The van der Waals surface area contributed by atoms with E-state index < -0.39 is 39.5 Å². The summed E-state index contributed by atoms with van der Waals surface area (Å²) in [7, 11) is -4.31. The highest BCUT2D eigenvalue weighted by Gasteiger charge is 2.32. The van der Waals surface area contributed by atoms with Crippen molar-refractivity contribution < 1.29 is 27.7 Å². The van der Waals surface area contributed by atoms with E-state index in [9.17, 15) is 28.4 Å². The summed E-state index contributed by atoms with van der Waals surface area (Å²) in [6, 6.07) is 28.7. The molecule has 0 bridgehead atoms. The zero-order chi connectivity index (χ0) is 30.4. The van der Waals surface area contributed by atoms with Crippen LogP contribution in [0.3, 0.4) is 0 Å². The monoisotopic (exact) mass is 599 g/mol. The summed E-state index contributed by atoms with van der Waals surface area (Å²) in [6.45, 7) is -0.495. The van der Waals surface area contributed by atoms with Gasteiger partial charge in [-0.3, -0.25) is 14.9 Å². The third-order valence-electron chi connectivity index (χ3n) is 7.05. The van der Waals surface area contributed by atoms with Gasteiger partial charge in [0.2, 0.25) is 10.0 Å². The molecule has 1 amide bonds. The molecule has 2 N–H and O–H groups in total. The number of carbonyl (C=O) groups excluding carboxylic acids is 1. The minimum Gasteiger partial charge on any atom is -0.464 e. The lowest BCUT2D eigenvalue weighted by molar-refractivity contribution is -0.385. The summed E-state index contributed by atoms with van der Waals surface area (Å²) in [5, 5.41) is 26.6. The first-order valence-electron chi connectivity index (χ1n) is 13.5. The maximum Gasteiger partial charge on any atom is 0.270 e. The van der Waals surface area contributed by atoms with Crippen LogP contribution in [0, 0.1) is 10.1 Å². The van der Waals surface area contributed by atoms with E-state index in [4.69, 9.17) is 4.42 Å². The van der Waals surface area contributed by atoms with E-state index in [-0.39, 0.29) is 23.5 Å². The fraction of sp³-hybridized carbons (Fsp3) is 0.156. The molecule has 1 aromatic heterocycles. The summed E-state index contributed by atoms with van der Waals surface area (Å²) in [4.78, 5) is 23.8. The lowest BCUT2D eigenvalue weighted by Crippen LogP contribution is -2.50. The van der Waals surface area contributed by atoms with Gasteiger partial charge < -0.3 is 14.8 Å². The molecule has 220 valence electrons. The number of sulfonamides is 1. The van der Waals surface area contributed by atoms with Gasteiger partial charge in [-0.1, -0.05) is 66.7 Å². The summed E-state index contributed by atoms with van der Waals surface area (Å²) in [6.07, 6.45) is 0.397. The normalized spacial score (nSPS) is 13.1. The number of hydrogen-bond acceptors (Lipinski definition) is 7. The van der Waals surface area contributed by atoms with Gasteiger partial charge in [-0.05, 0) is 47.9 Å². The quantitative estimate of drug-likeness (QED) is 0.153. The Labute approximate surface area is 248 Å². The summed E-state index contributed by atoms with van der Waals surface area (Å²) in [5.74, 6) is -0.445. The standard InChI is InChI=1S/C32H29N3O7S/c36-30(22-34(21-24-10-5-2-6-11-24)43(40,41)28-13-7-12-27(20-28)35(38)39)29(18-23-8-3-1-4-9-23)33-32(37)26-14-15-31-25(19-26)16-17-42-31/h1-17,19-20,29-30,36H,18,21-22H2,(H,33,37)/t29-,30+/m0/s1. The fourth-order valence-electron chi connectivity index (χ4n) is 4.79. The van der Waals surface area contributed by atoms with Crippen LogP contribution in [0.25, 0.3) is 11.0 Å². The van der Waals surface area contributed by atoms with Gasteiger partial charge in [0, 0.05) is 36.2 Å². The summed E-state index contributed by atoms with van der Waals surface area (Å²) >= 11 is 0. The Bertz CT molecular complexity index is 1830. The molecule has 0 saturated heterocycles. The van der Waals surface area contributed by atoms with Crippen LogP contribution in [0.4, 0.5) is 5.69 Å². The molecule has 10 nitrogen and oxygen atoms in total. The second-order valence-electron chi connectivity index (χ2n) is 10.0. The van der Waals surface area contributed by atoms with E-state index in [0.29, 0.717) is 16.7 Å². The number of nitro benzene ring substituents is 1. The molecule has 0 unspecified atom stereocenters. The third kappa shape index (κ3) is 7.15. The zero-order valence-electron chi connectivity index (χ0n) is 22.9. The molecule has 2 atom stereocenters. The van der Waals surface area contributed by atoms with Crippen molar-refractivity contribution in [1.29, 1.82) is 0 Å². The minimum atomic E-state index is -4.31. The first-order valence-corrected chi connectivity index (χ1v) is 14.9. The smallest absolute Gasteiger partial charge is 0.270 e. The number of rotatable bonds is 12. The first-order chi connectivity index (χ1) is 20.7. The molecule has 5 aromatic rings. The van der Waals surface area contributed by atoms with Crippen LogP contribution in [0.2, 0.25) is 0 Å². The Balaban J connectivity index is 1.46. The fourth-order valence-corrected chi connectivity index (χ4v) is 6.27. The van der Waals surface area contributed by atoms with Crippen LogP contribution in [0.5, 0.6) is 0 Å². The maximum absolute atomic E-state index is 13.9. The highest BCUT2D eigenvalue weighted by Crippen LogP contribution is 2.24. The van der Waals surface area contributed by atoms with Gasteiger partial charge in [0.05, 0.1) is 28.2 Å². The van der Waals surface area contributed by atoms with Crippen LogP contribution in [0.15, 0.2) is 125 Å². The molecule has 0 radical (unpaired) electrons. The van der Waals surface area contributed by atoms with E-state index in [1.807, 2.05) is 30.3 Å². The number of amides is 1. The van der Waals surface area contributed by atoms with Gasteiger partial charge in [0.25, 0.3) is 11.6 Å². The largest absolute Gasteiger partial charge is 0.464 e. The number of benzene rings is 4. The second kappa shape index (κ2) is 13.0. The van der Waals surface area contributed by atoms with Crippen molar-refractivity contribution >= 4 is 32.6 Å². The topological polar surface area (TPSA) is 143 Å². The Hall–Kier alpha value is -4.84.